The zero-order valence-corrected chi connectivity index (χ0v) is 13.1. The molecular formula is C15H31N3O. The summed E-state index contributed by atoms with van der Waals surface area (Å²) in [5.74, 6) is 0.282. The SMILES string of the molecule is CCCNC1CCN(C(C)C(=O)N(CC)CC)CC1. The maximum Gasteiger partial charge on any atom is 0.239 e. The van der Waals surface area contributed by atoms with E-state index in [1.54, 1.807) is 0 Å². The van der Waals surface area contributed by atoms with E-state index in [1.165, 1.54) is 6.42 Å². The summed E-state index contributed by atoms with van der Waals surface area (Å²) in [5, 5.41) is 3.58. The molecule has 1 N–H and O–H groups in total. The normalized spacial score (nSPS) is 19.4. The van der Waals surface area contributed by atoms with Crippen molar-refractivity contribution in [2.24, 2.45) is 0 Å². The third-order valence-electron chi connectivity index (χ3n) is 4.19. The second-order valence-electron chi connectivity index (χ2n) is 5.45. The number of carbonyl (C=O) groups is 1. The van der Waals surface area contributed by atoms with E-state index in [2.05, 4.69) is 37.9 Å². The van der Waals surface area contributed by atoms with E-state index < -0.39 is 0 Å². The minimum absolute atomic E-state index is 0.0343. The Morgan fingerprint density at radius 2 is 1.84 bits per heavy atom. The first-order valence-electron chi connectivity index (χ1n) is 7.90. The molecule has 1 rings (SSSR count). The van der Waals surface area contributed by atoms with Crippen molar-refractivity contribution < 1.29 is 4.79 Å². The van der Waals surface area contributed by atoms with Gasteiger partial charge in [-0.2, -0.15) is 0 Å². The smallest absolute Gasteiger partial charge is 0.239 e. The van der Waals surface area contributed by atoms with Gasteiger partial charge < -0.3 is 10.2 Å². The quantitative estimate of drug-likeness (QED) is 0.764. The highest BCUT2D eigenvalue weighted by atomic mass is 16.2. The van der Waals surface area contributed by atoms with Crippen molar-refractivity contribution in [3.05, 3.63) is 0 Å². The highest BCUT2D eigenvalue weighted by Gasteiger charge is 2.28. The average molecular weight is 269 g/mol. The van der Waals surface area contributed by atoms with Gasteiger partial charge in [0.2, 0.25) is 5.91 Å². The van der Waals surface area contributed by atoms with Gasteiger partial charge in [0, 0.05) is 32.2 Å². The first kappa shape index (κ1) is 16.4. The Kier molecular flexibility index (Phi) is 7.39. The minimum atomic E-state index is 0.0343. The number of piperidine rings is 1. The number of hydrogen-bond donors (Lipinski definition) is 1. The van der Waals surface area contributed by atoms with E-state index in [1.807, 2.05) is 4.90 Å². The number of rotatable bonds is 7. The molecule has 1 unspecified atom stereocenters. The molecule has 0 aromatic carbocycles. The highest BCUT2D eigenvalue weighted by molar-refractivity contribution is 5.81. The summed E-state index contributed by atoms with van der Waals surface area (Å²) in [6.07, 6.45) is 3.52. The van der Waals surface area contributed by atoms with E-state index in [9.17, 15) is 4.79 Å². The van der Waals surface area contributed by atoms with Crippen molar-refractivity contribution in [1.82, 2.24) is 15.1 Å². The van der Waals surface area contributed by atoms with Crippen molar-refractivity contribution in [3.63, 3.8) is 0 Å². The Bertz CT molecular complexity index is 258. The van der Waals surface area contributed by atoms with Crippen molar-refractivity contribution >= 4 is 5.91 Å². The standard InChI is InChI=1S/C15H31N3O/c1-5-10-16-14-8-11-18(12-9-14)13(4)15(19)17(6-2)7-3/h13-14,16H,5-12H2,1-4H3. The molecule has 4 nitrogen and oxygen atoms in total. The molecule has 0 spiro atoms. The Morgan fingerprint density at radius 1 is 1.26 bits per heavy atom. The van der Waals surface area contributed by atoms with Crippen LogP contribution in [0.5, 0.6) is 0 Å². The third-order valence-corrected chi connectivity index (χ3v) is 4.19. The lowest BCUT2D eigenvalue weighted by Gasteiger charge is -2.37. The summed E-state index contributed by atoms with van der Waals surface area (Å²) in [6.45, 7) is 13.2. The number of likely N-dealkylation sites (tertiary alicyclic amines) is 1. The van der Waals surface area contributed by atoms with Gasteiger partial charge in [0.25, 0.3) is 0 Å². The summed E-state index contributed by atoms with van der Waals surface area (Å²) < 4.78 is 0. The van der Waals surface area contributed by atoms with Gasteiger partial charge in [0.05, 0.1) is 6.04 Å². The fourth-order valence-corrected chi connectivity index (χ4v) is 2.80. The summed E-state index contributed by atoms with van der Waals surface area (Å²) >= 11 is 0. The highest BCUT2D eigenvalue weighted by Crippen LogP contribution is 2.14. The first-order valence-corrected chi connectivity index (χ1v) is 7.90. The van der Waals surface area contributed by atoms with Crippen LogP contribution >= 0.6 is 0 Å². The molecular weight excluding hydrogens is 238 g/mol. The number of nitrogens with zero attached hydrogens (tertiary/aromatic N) is 2. The molecule has 1 amide bonds. The predicted molar refractivity (Wildman–Crippen MR) is 80.3 cm³/mol. The van der Waals surface area contributed by atoms with Crippen LogP contribution < -0.4 is 5.32 Å². The summed E-state index contributed by atoms with van der Waals surface area (Å²) in [6, 6.07) is 0.680. The molecule has 0 aromatic heterocycles. The van der Waals surface area contributed by atoms with Crippen LogP contribution in [0.25, 0.3) is 0 Å². The molecule has 0 radical (unpaired) electrons. The minimum Gasteiger partial charge on any atom is -0.342 e. The lowest BCUT2D eigenvalue weighted by molar-refractivity contribution is -0.136. The van der Waals surface area contributed by atoms with Gasteiger partial charge in [-0.25, -0.2) is 0 Å². The van der Waals surface area contributed by atoms with Gasteiger partial charge in [-0.1, -0.05) is 6.92 Å². The number of likely N-dealkylation sites (N-methyl/N-ethyl adjacent to an activating group) is 1. The monoisotopic (exact) mass is 269 g/mol. The molecule has 0 aromatic rings. The van der Waals surface area contributed by atoms with E-state index in [0.29, 0.717) is 6.04 Å². The molecule has 0 saturated carbocycles. The van der Waals surface area contributed by atoms with Crippen LogP contribution in [0.4, 0.5) is 0 Å². The number of hydrogen-bond acceptors (Lipinski definition) is 3. The van der Waals surface area contributed by atoms with Gasteiger partial charge in [-0.15, -0.1) is 0 Å². The van der Waals surface area contributed by atoms with Crippen LogP contribution in [0.15, 0.2) is 0 Å². The average Bonchev–Trinajstić information content (AvgIpc) is 2.46. The van der Waals surface area contributed by atoms with Crippen LogP contribution in [0, 0.1) is 0 Å². The van der Waals surface area contributed by atoms with E-state index >= 15 is 0 Å². The van der Waals surface area contributed by atoms with Crippen LogP contribution in [0.1, 0.15) is 47.0 Å². The molecule has 19 heavy (non-hydrogen) atoms. The largest absolute Gasteiger partial charge is 0.342 e. The Balaban J connectivity index is 2.39. The van der Waals surface area contributed by atoms with Gasteiger partial charge in [0.15, 0.2) is 0 Å². The maximum atomic E-state index is 12.3. The molecule has 1 saturated heterocycles. The van der Waals surface area contributed by atoms with Crippen LogP contribution in [0.3, 0.4) is 0 Å². The van der Waals surface area contributed by atoms with Gasteiger partial charge in [0.1, 0.15) is 0 Å². The molecule has 0 aliphatic carbocycles. The topological polar surface area (TPSA) is 35.6 Å². The lowest BCUT2D eigenvalue weighted by atomic mass is 10.0. The molecule has 112 valence electrons. The molecule has 1 fully saturated rings. The van der Waals surface area contributed by atoms with Crippen molar-refractivity contribution in [3.8, 4) is 0 Å². The first-order chi connectivity index (χ1) is 9.13. The summed E-state index contributed by atoms with van der Waals surface area (Å²) in [4.78, 5) is 16.6. The summed E-state index contributed by atoms with van der Waals surface area (Å²) in [5.41, 5.74) is 0. The Hall–Kier alpha value is -0.610. The summed E-state index contributed by atoms with van der Waals surface area (Å²) in [7, 11) is 0. The van der Waals surface area contributed by atoms with E-state index in [-0.39, 0.29) is 11.9 Å². The predicted octanol–water partition coefficient (Wildman–Crippen LogP) is 1.71. The number of amides is 1. The molecule has 1 atom stereocenters. The third kappa shape index (κ3) is 4.77. The molecule has 1 aliphatic rings. The van der Waals surface area contributed by atoms with Crippen LogP contribution in [-0.2, 0) is 4.79 Å². The number of nitrogens with one attached hydrogen (secondary N) is 1. The van der Waals surface area contributed by atoms with Gasteiger partial charge in [-0.3, -0.25) is 9.69 Å². The van der Waals surface area contributed by atoms with Crippen molar-refractivity contribution in [2.75, 3.05) is 32.7 Å². The Morgan fingerprint density at radius 3 is 2.32 bits per heavy atom. The van der Waals surface area contributed by atoms with Crippen LogP contribution in [0.2, 0.25) is 0 Å². The van der Waals surface area contributed by atoms with Crippen molar-refractivity contribution in [2.45, 2.75) is 59.0 Å². The van der Waals surface area contributed by atoms with Gasteiger partial charge in [-0.05, 0) is 46.6 Å². The second-order valence-corrected chi connectivity index (χ2v) is 5.45. The number of carbonyl (C=O) groups excluding carboxylic acids is 1. The van der Waals surface area contributed by atoms with Crippen molar-refractivity contribution in [1.29, 1.82) is 0 Å². The molecule has 0 bridgehead atoms. The second kappa shape index (κ2) is 8.54. The fourth-order valence-electron chi connectivity index (χ4n) is 2.80. The fraction of sp³-hybridized carbons (Fsp3) is 0.933. The molecule has 4 heteroatoms. The molecule has 1 heterocycles. The Labute approximate surface area is 118 Å². The van der Waals surface area contributed by atoms with Gasteiger partial charge >= 0.3 is 0 Å². The van der Waals surface area contributed by atoms with E-state index in [0.717, 1.165) is 45.6 Å². The van der Waals surface area contributed by atoms with E-state index in [4.69, 9.17) is 0 Å². The zero-order chi connectivity index (χ0) is 14.3. The molecule has 1 aliphatic heterocycles. The lowest BCUT2D eigenvalue weighted by Crippen LogP contribution is -2.52. The van der Waals surface area contributed by atoms with Crippen LogP contribution in [-0.4, -0.2) is 60.5 Å². The zero-order valence-electron chi connectivity index (χ0n) is 13.1. The maximum absolute atomic E-state index is 12.3.